The van der Waals surface area contributed by atoms with Crippen LogP contribution in [-0.4, -0.2) is 20.1 Å². The van der Waals surface area contributed by atoms with Gasteiger partial charge in [-0.2, -0.15) is 0 Å². The molecule has 1 aliphatic heterocycles. The third-order valence-corrected chi connectivity index (χ3v) is 12.7. The van der Waals surface area contributed by atoms with Crippen LogP contribution in [0.25, 0.3) is 61.3 Å². The summed E-state index contributed by atoms with van der Waals surface area (Å²) >= 11 is 0. The number of para-hydroxylation sites is 3. The van der Waals surface area contributed by atoms with E-state index in [2.05, 4.69) is 187 Å². The van der Waals surface area contributed by atoms with E-state index >= 15 is 0 Å². The molecule has 3 heterocycles. The molecule has 0 N–H and O–H groups in total. The normalized spacial score (nSPS) is 19.6. The first kappa shape index (κ1) is 30.0. The summed E-state index contributed by atoms with van der Waals surface area (Å²) in [5.41, 5.74) is 16.4. The number of hydrogen-bond acceptors (Lipinski definition) is 3. The maximum Gasteiger partial charge on any atom is 0.162 e. The molecule has 0 radical (unpaired) electrons. The van der Waals surface area contributed by atoms with E-state index in [0.717, 1.165) is 46.0 Å². The van der Waals surface area contributed by atoms with Crippen molar-refractivity contribution in [3.8, 4) is 39.5 Å². The molecule has 4 heteroatoms. The maximum atomic E-state index is 5.56. The smallest absolute Gasteiger partial charge is 0.162 e. The van der Waals surface area contributed by atoms with Crippen LogP contribution in [0.5, 0.6) is 0 Å². The molecule has 2 unspecified atom stereocenters. The second-order valence-corrected chi connectivity index (χ2v) is 15.8. The van der Waals surface area contributed by atoms with Crippen molar-refractivity contribution in [2.75, 3.05) is 4.90 Å². The molecule has 6 aromatic carbocycles. The number of allylic oxidation sites excluding steroid dienone is 2. The lowest BCUT2D eigenvalue weighted by molar-refractivity contribution is 0.372. The first-order valence-electron chi connectivity index (χ1n) is 19.0. The van der Waals surface area contributed by atoms with Crippen molar-refractivity contribution in [1.82, 2.24) is 14.5 Å². The van der Waals surface area contributed by atoms with E-state index in [0.29, 0.717) is 0 Å². The van der Waals surface area contributed by atoms with Gasteiger partial charge in [-0.05, 0) is 65.6 Å². The van der Waals surface area contributed by atoms with E-state index in [1.165, 1.54) is 55.4 Å². The molecule has 0 spiro atoms. The third kappa shape index (κ3) is 3.72. The second-order valence-electron chi connectivity index (χ2n) is 15.8. The van der Waals surface area contributed by atoms with Crippen LogP contribution < -0.4 is 4.90 Å². The van der Waals surface area contributed by atoms with Crippen LogP contribution in [0.2, 0.25) is 0 Å². The minimum atomic E-state index is -0.273. The van der Waals surface area contributed by atoms with Gasteiger partial charge in [0.15, 0.2) is 5.82 Å². The van der Waals surface area contributed by atoms with Crippen LogP contribution in [0.15, 0.2) is 169 Å². The number of hydrogen-bond donors (Lipinski definition) is 0. The van der Waals surface area contributed by atoms with Gasteiger partial charge in [0.05, 0.1) is 33.6 Å². The fraction of sp³-hybridized carbons (Fsp3) is 0.120. The maximum absolute atomic E-state index is 5.56. The van der Waals surface area contributed by atoms with Crippen LogP contribution >= 0.6 is 0 Å². The van der Waals surface area contributed by atoms with E-state index in [1.54, 1.807) is 0 Å². The SMILES string of the molecule is CC1(C)c2ccccc2-c2c(-c3ccccc3)nc(-c3ccccc3N3c4ccc5c(c4C4C6=CC=CC43C6)c3ccccc3n5-c3ccccc3)nc21. The van der Waals surface area contributed by atoms with Gasteiger partial charge >= 0.3 is 0 Å². The Morgan fingerprint density at radius 3 is 2.20 bits per heavy atom. The summed E-state index contributed by atoms with van der Waals surface area (Å²) in [7, 11) is 0. The highest BCUT2D eigenvalue weighted by molar-refractivity contribution is 6.14. The monoisotopic (exact) mass is 692 g/mol. The van der Waals surface area contributed by atoms with E-state index < -0.39 is 0 Å². The van der Waals surface area contributed by atoms with Gasteiger partial charge in [0.25, 0.3) is 0 Å². The first-order valence-corrected chi connectivity index (χ1v) is 19.0. The molecule has 12 rings (SSSR count). The lowest BCUT2D eigenvalue weighted by Crippen LogP contribution is -2.54. The van der Waals surface area contributed by atoms with Crippen molar-refractivity contribution >= 4 is 33.2 Å². The zero-order valence-electron chi connectivity index (χ0n) is 30.2. The minimum Gasteiger partial charge on any atom is -0.330 e. The summed E-state index contributed by atoms with van der Waals surface area (Å²) in [5.74, 6) is 1.03. The molecule has 3 aliphatic carbocycles. The Balaban J connectivity index is 1.12. The van der Waals surface area contributed by atoms with Gasteiger partial charge in [-0.3, -0.25) is 0 Å². The van der Waals surface area contributed by atoms with Gasteiger partial charge in [0.2, 0.25) is 0 Å². The second kappa shape index (κ2) is 10.5. The summed E-state index contributed by atoms with van der Waals surface area (Å²) in [6.45, 7) is 4.61. The molecular weight excluding hydrogens is 657 g/mol. The Bertz CT molecular complexity index is 2950. The average molecular weight is 693 g/mol. The lowest BCUT2D eigenvalue weighted by atomic mass is 9.59. The predicted octanol–water partition coefficient (Wildman–Crippen LogP) is 12.1. The quantitative estimate of drug-likeness (QED) is 0.184. The molecule has 4 aliphatic rings. The molecule has 8 aromatic rings. The van der Waals surface area contributed by atoms with E-state index in [9.17, 15) is 0 Å². The Morgan fingerprint density at radius 2 is 1.37 bits per heavy atom. The molecule has 2 atom stereocenters. The first-order chi connectivity index (χ1) is 26.5. The number of nitrogens with zero attached hydrogens (tertiary/aromatic N) is 4. The Morgan fingerprint density at radius 1 is 0.648 bits per heavy atom. The molecule has 0 amide bonds. The fourth-order valence-electron chi connectivity index (χ4n) is 10.4. The Labute approximate surface area is 314 Å². The van der Waals surface area contributed by atoms with Crippen LogP contribution in [-0.2, 0) is 5.41 Å². The van der Waals surface area contributed by atoms with Gasteiger partial charge in [0, 0.05) is 50.2 Å². The topological polar surface area (TPSA) is 34.0 Å². The molecule has 2 aromatic heterocycles. The number of rotatable bonds is 4. The van der Waals surface area contributed by atoms with Crippen LogP contribution in [0.1, 0.15) is 43.0 Å². The van der Waals surface area contributed by atoms with Crippen molar-refractivity contribution in [1.29, 1.82) is 0 Å². The molecule has 1 fully saturated rings. The van der Waals surface area contributed by atoms with Crippen molar-refractivity contribution in [2.24, 2.45) is 0 Å². The predicted molar refractivity (Wildman–Crippen MR) is 221 cm³/mol. The largest absolute Gasteiger partial charge is 0.330 e. The third-order valence-electron chi connectivity index (χ3n) is 12.7. The standard InChI is InChI=1S/C50H36N4/c1-49(2)37-24-12-9-21-34(37)43-46(31-16-5-3-6-17-31)51-48(52-47(43)49)36-23-11-14-26-39(36)54-41-28-27-40-42(44(41)45-32-18-15-29-50(45,54)30-32)35-22-10-13-25-38(35)53(40)33-19-7-4-8-20-33/h3-29,45H,30H2,1-2H3. The summed E-state index contributed by atoms with van der Waals surface area (Å²) in [6.07, 6.45) is 8.09. The number of anilines is 2. The van der Waals surface area contributed by atoms with Gasteiger partial charge in [0.1, 0.15) is 0 Å². The number of aromatic nitrogens is 3. The highest BCUT2D eigenvalue weighted by atomic mass is 15.3. The van der Waals surface area contributed by atoms with Crippen molar-refractivity contribution in [2.45, 2.75) is 37.1 Å². The number of benzene rings is 6. The summed E-state index contributed by atoms with van der Waals surface area (Å²) in [6, 6.07) is 52.7. The summed E-state index contributed by atoms with van der Waals surface area (Å²) < 4.78 is 2.44. The highest BCUT2D eigenvalue weighted by Gasteiger charge is 2.61. The summed E-state index contributed by atoms with van der Waals surface area (Å²) in [5, 5.41) is 2.64. The molecule has 4 nitrogen and oxygen atoms in total. The molecule has 256 valence electrons. The van der Waals surface area contributed by atoms with Crippen LogP contribution in [0, 0.1) is 0 Å². The lowest BCUT2D eigenvalue weighted by Gasteiger charge is -2.53. The van der Waals surface area contributed by atoms with Gasteiger partial charge in [-0.1, -0.05) is 141 Å². The van der Waals surface area contributed by atoms with Crippen LogP contribution in [0.3, 0.4) is 0 Å². The van der Waals surface area contributed by atoms with Crippen molar-refractivity contribution in [3.05, 3.63) is 186 Å². The van der Waals surface area contributed by atoms with Crippen molar-refractivity contribution in [3.63, 3.8) is 0 Å². The Hall–Kier alpha value is -6.52. The van der Waals surface area contributed by atoms with Gasteiger partial charge in [-0.15, -0.1) is 0 Å². The summed E-state index contributed by atoms with van der Waals surface area (Å²) in [4.78, 5) is 13.7. The fourth-order valence-corrected chi connectivity index (χ4v) is 10.4. The van der Waals surface area contributed by atoms with E-state index in [4.69, 9.17) is 9.97 Å². The highest BCUT2D eigenvalue weighted by Crippen LogP contribution is 2.68. The molecule has 0 saturated heterocycles. The average Bonchev–Trinajstić information content (AvgIpc) is 3.77. The molecule has 2 bridgehead atoms. The van der Waals surface area contributed by atoms with E-state index in [1.807, 2.05) is 0 Å². The van der Waals surface area contributed by atoms with Gasteiger partial charge in [-0.25, -0.2) is 9.97 Å². The molecular formula is C50H36N4. The van der Waals surface area contributed by atoms with Gasteiger partial charge < -0.3 is 9.47 Å². The van der Waals surface area contributed by atoms with E-state index in [-0.39, 0.29) is 16.9 Å². The van der Waals surface area contributed by atoms with Crippen LogP contribution in [0.4, 0.5) is 11.4 Å². The number of fused-ring (bicyclic) bond motifs is 8. The molecule has 54 heavy (non-hydrogen) atoms. The zero-order valence-corrected chi connectivity index (χ0v) is 30.2. The zero-order chi connectivity index (χ0) is 35.8. The van der Waals surface area contributed by atoms with Crippen molar-refractivity contribution < 1.29 is 0 Å². The minimum absolute atomic E-state index is 0.207. The Kier molecular flexibility index (Phi) is 5.86. The molecule has 1 saturated carbocycles.